The van der Waals surface area contributed by atoms with Crippen molar-refractivity contribution in [1.82, 2.24) is 4.90 Å². The number of rotatable bonds is 5. The fraction of sp³-hybridized carbons (Fsp3) is 0.250. The van der Waals surface area contributed by atoms with Crippen LogP contribution in [0.3, 0.4) is 0 Å². The number of carbonyl (C=O) groups is 1. The monoisotopic (exact) mass is 287 g/mol. The first kappa shape index (κ1) is 13.2. The Labute approximate surface area is 111 Å². The summed E-state index contributed by atoms with van der Waals surface area (Å²) >= 11 is 2.92. The Balaban J connectivity index is 2.09. The molecule has 96 valence electrons. The molecule has 0 atom stereocenters. The van der Waals surface area contributed by atoms with Crippen LogP contribution in [0.15, 0.2) is 35.0 Å². The molecule has 0 bridgehead atoms. The number of thiophene rings is 2. The van der Waals surface area contributed by atoms with Gasteiger partial charge >= 0.3 is 6.43 Å². The van der Waals surface area contributed by atoms with Crippen LogP contribution >= 0.6 is 22.7 Å². The Hall–Kier alpha value is -1.27. The van der Waals surface area contributed by atoms with Gasteiger partial charge in [-0.3, -0.25) is 4.79 Å². The van der Waals surface area contributed by atoms with Gasteiger partial charge in [-0.05, 0) is 22.9 Å². The molecule has 1 amide bonds. The summed E-state index contributed by atoms with van der Waals surface area (Å²) in [4.78, 5) is 14.5. The minimum Gasteiger partial charge on any atom is -0.327 e. The fourth-order valence-electron chi connectivity index (χ4n) is 1.53. The van der Waals surface area contributed by atoms with E-state index >= 15 is 0 Å². The first-order chi connectivity index (χ1) is 8.66. The van der Waals surface area contributed by atoms with E-state index in [0.717, 1.165) is 9.75 Å². The molecule has 2 nitrogen and oxygen atoms in total. The van der Waals surface area contributed by atoms with Crippen molar-refractivity contribution in [3.05, 3.63) is 44.8 Å². The Bertz CT molecular complexity index is 446. The van der Waals surface area contributed by atoms with Crippen LogP contribution in [-0.4, -0.2) is 17.2 Å². The van der Waals surface area contributed by atoms with E-state index in [1.807, 2.05) is 35.0 Å². The minimum atomic E-state index is -2.95. The maximum atomic E-state index is 12.6. The topological polar surface area (TPSA) is 20.3 Å². The van der Waals surface area contributed by atoms with Gasteiger partial charge in [-0.25, -0.2) is 0 Å². The van der Waals surface area contributed by atoms with Crippen molar-refractivity contribution in [2.45, 2.75) is 19.5 Å². The quantitative estimate of drug-likeness (QED) is 0.822. The molecule has 0 aromatic carbocycles. The molecule has 6 heteroatoms. The zero-order chi connectivity index (χ0) is 13.0. The molecule has 2 rings (SSSR count). The number of hydrogen-bond donors (Lipinski definition) is 0. The van der Waals surface area contributed by atoms with E-state index in [1.165, 1.54) is 27.6 Å². The van der Waals surface area contributed by atoms with Gasteiger partial charge < -0.3 is 4.90 Å². The first-order valence-corrected chi connectivity index (χ1v) is 7.04. The lowest BCUT2D eigenvalue weighted by molar-refractivity contribution is -0.144. The van der Waals surface area contributed by atoms with Crippen LogP contribution in [0.4, 0.5) is 8.78 Å². The average Bonchev–Trinajstić information content (AvgIpc) is 2.99. The summed E-state index contributed by atoms with van der Waals surface area (Å²) in [5, 5.41) is 3.73. The van der Waals surface area contributed by atoms with Gasteiger partial charge in [0, 0.05) is 9.75 Å². The number of amides is 1. The number of hydrogen-bond acceptors (Lipinski definition) is 3. The van der Waals surface area contributed by atoms with E-state index in [9.17, 15) is 13.6 Å². The van der Waals surface area contributed by atoms with Gasteiger partial charge in [0.05, 0.1) is 13.1 Å². The molecule has 0 unspecified atom stereocenters. The van der Waals surface area contributed by atoms with Gasteiger partial charge in [0.15, 0.2) is 0 Å². The standard InChI is InChI=1S/C12H11F2NOS2/c13-11(14)12(16)15(7-9-3-1-5-17-9)8-10-4-2-6-18-10/h1-6,11H,7-8H2. The Kier molecular flexibility index (Phi) is 4.43. The number of alkyl halides is 2. The molecular weight excluding hydrogens is 276 g/mol. The van der Waals surface area contributed by atoms with Gasteiger partial charge in [-0.2, -0.15) is 8.78 Å². The molecule has 0 N–H and O–H groups in total. The van der Waals surface area contributed by atoms with E-state index < -0.39 is 12.3 Å². The molecule has 0 aliphatic carbocycles. The Morgan fingerprint density at radius 1 is 1.11 bits per heavy atom. The largest absolute Gasteiger partial charge is 0.327 e. The van der Waals surface area contributed by atoms with E-state index in [1.54, 1.807) is 0 Å². The zero-order valence-electron chi connectivity index (χ0n) is 9.38. The maximum Gasteiger partial charge on any atom is 0.315 e. The molecule has 0 saturated carbocycles. The van der Waals surface area contributed by atoms with Gasteiger partial charge in [-0.15, -0.1) is 22.7 Å². The van der Waals surface area contributed by atoms with Gasteiger partial charge in [0.25, 0.3) is 5.91 Å². The lowest BCUT2D eigenvalue weighted by Crippen LogP contribution is -2.34. The van der Waals surface area contributed by atoms with Gasteiger partial charge in [0.1, 0.15) is 0 Å². The SMILES string of the molecule is O=C(C(F)F)N(Cc1cccs1)Cc1cccs1. The van der Waals surface area contributed by atoms with E-state index in [0.29, 0.717) is 0 Å². The van der Waals surface area contributed by atoms with Crippen molar-refractivity contribution < 1.29 is 13.6 Å². The lowest BCUT2D eigenvalue weighted by atomic mass is 10.3. The fourth-order valence-corrected chi connectivity index (χ4v) is 2.97. The van der Waals surface area contributed by atoms with Crippen molar-refractivity contribution in [3.8, 4) is 0 Å². The zero-order valence-corrected chi connectivity index (χ0v) is 11.0. The number of halogens is 2. The third-order valence-corrected chi connectivity index (χ3v) is 4.07. The van der Waals surface area contributed by atoms with E-state index in [2.05, 4.69) is 0 Å². The average molecular weight is 287 g/mol. The van der Waals surface area contributed by atoms with Crippen molar-refractivity contribution in [1.29, 1.82) is 0 Å². The number of nitrogens with zero attached hydrogens (tertiary/aromatic N) is 1. The molecule has 2 aromatic rings. The second-order valence-electron chi connectivity index (χ2n) is 3.65. The minimum absolute atomic E-state index is 0.235. The molecule has 0 radical (unpaired) electrons. The maximum absolute atomic E-state index is 12.6. The third-order valence-electron chi connectivity index (χ3n) is 2.35. The summed E-state index contributed by atoms with van der Waals surface area (Å²) in [6.07, 6.45) is -2.95. The summed E-state index contributed by atoms with van der Waals surface area (Å²) in [5.41, 5.74) is 0. The van der Waals surface area contributed by atoms with E-state index in [-0.39, 0.29) is 13.1 Å². The lowest BCUT2D eigenvalue weighted by Gasteiger charge is -2.20. The Morgan fingerprint density at radius 3 is 1.94 bits per heavy atom. The molecule has 18 heavy (non-hydrogen) atoms. The summed E-state index contributed by atoms with van der Waals surface area (Å²) < 4.78 is 25.1. The molecule has 0 spiro atoms. The molecular formula is C12H11F2NOS2. The first-order valence-electron chi connectivity index (χ1n) is 5.28. The number of carbonyl (C=O) groups excluding carboxylic acids is 1. The van der Waals surface area contributed by atoms with Crippen LogP contribution in [0, 0.1) is 0 Å². The van der Waals surface area contributed by atoms with Crippen LogP contribution < -0.4 is 0 Å². The summed E-state index contributed by atoms with van der Waals surface area (Å²) in [6, 6.07) is 7.36. The molecule has 0 aliphatic heterocycles. The molecule has 0 aliphatic rings. The predicted octanol–water partition coefficient (Wildman–Crippen LogP) is 3.60. The van der Waals surface area contributed by atoms with Crippen LogP contribution in [0.25, 0.3) is 0 Å². The molecule has 2 aromatic heterocycles. The predicted molar refractivity (Wildman–Crippen MR) is 68.9 cm³/mol. The van der Waals surface area contributed by atoms with Crippen LogP contribution in [0.2, 0.25) is 0 Å². The smallest absolute Gasteiger partial charge is 0.315 e. The van der Waals surface area contributed by atoms with Crippen molar-refractivity contribution in [3.63, 3.8) is 0 Å². The van der Waals surface area contributed by atoms with Crippen molar-refractivity contribution in [2.24, 2.45) is 0 Å². The van der Waals surface area contributed by atoms with E-state index in [4.69, 9.17) is 0 Å². The summed E-state index contributed by atoms with van der Waals surface area (Å²) in [5.74, 6) is -1.11. The van der Waals surface area contributed by atoms with Gasteiger partial charge in [-0.1, -0.05) is 12.1 Å². The molecule has 2 heterocycles. The summed E-state index contributed by atoms with van der Waals surface area (Å²) in [6.45, 7) is 0.470. The summed E-state index contributed by atoms with van der Waals surface area (Å²) in [7, 11) is 0. The molecule has 0 saturated heterocycles. The van der Waals surface area contributed by atoms with Crippen molar-refractivity contribution >= 4 is 28.6 Å². The van der Waals surface area contributed by atoms with Gasteiger partial charge in [0.2, 0.25) is 0 Å². The molecule has 0 fully saturated rings. The highest BCUT2D eigenvalue weighted by Crippen LogP contribution is 2.18. The van der Waals surface area contributed by atoms with Crippen LogP contribution in [0.5, 0.6) is 0 Å². The van der Waals surface area contributed by atoms with Crippen LogP contribution in [0.1, 0.15) is 9.75 Å². The van der Waals surface area contributed by atoms with Crippen LogP contribution in [-0.2, 0) is 17.9 Å². The normalized spacial score (nSPS) is 10.8. The highest BCUT2D eigenvalue weighted by atomic mass is 32.1. The highest BCUT2D eigenvalue weighted by Gasteiger charge is 2.24. The second kappa shape index (κ2) is 6.06. The third kappa shape index (κ3) is 3.36. The second-order valence-corrected chi connectivity index (χ2v) is 5.72. The van der Waals surface area contributed by atoms with Crippen molar-refractivity contribution in [2.75, 3.05) is 0 Å². The highest BCUT2D eigenvalue weighted by molar-refractivity contribution is 7.10. The Morgan fingerprint density at radius 2 is 1.61 bits per heavy atom.